The van der Waals surface area contributed by atoms with Crippen molar-refractivity contribution in [3.05, 3.63) is 65.0 Å². The molecule has 0 radical (unpaired) electrons. The van der Waals surface area contributed by atoms with Gasteiger partial charge in [-0.2, -0.15) is 5.26 Å². The van der Waals surface area contributed by atoms with Crippen LogP contribution in [-0.4, -0.2) is 33.4 Å². The largest absolute Gasteiger partial charge is 0.345 e. The van der Waals surface area contributed by atoms with Gasteiger partial charge in [-0.05, 0) is 67.1 Å². The lowest BCUT2D eigenvalue weighted by Gasteiger charge is -2.45. The lowest BCUT2D eigenvalue weighted by molar-refractivity contribution is 0.0547. The number of aromatic nitrogens is 2. The fourth-order valence-electron chi connectivity index (χ4n) is 4.82. The first-order valence-electron chi connectivity index (χ1n) is 9.51. The maximum absolute atomic E-state index is 13.3. The molecule has 2 atom stereocenters. The number of hydrogen-bond acceptors (Lipinski definition) is 3. The number of carbonyl (C=O) groups is 1. The monoisotopic (exact) mass is 358 g/mol. The molecule has 5 heteroatoms. The third-order valence-corrected chi connectivity index (χ3v) is 6.09. The maximum Gasteiger partial charge on any atom is 0.254 e. The van der Waals surface area contributed by atoms with Gasteiger partial charge < -0.3 is 9.88 Å². The smallest absolute Gasteiger partial charge is 0.254 e. The van der Waals surface area contributed by atoms with Gasteiger partial charge in [0, 0.05) is 25.5 Å². The second-order valence-electron chi connectivity index (χ2n) is 7.51. The fourth-order valence-corrected chi connectivity index (χ4v) is 4.82. The predicted molar refractivity (Wildman–Crippen MR) is 104 cm³/mol. The molecule has 5 nitrogen and oxygen atoms in total. The number of hydrogen-bond donors (Lipinski definition) is 1. The Morgan fingerprint density at radius 3 is 3.07 bits per heavy atom. The number of piperidine rings is 1. The molecular weight excluding hydrogens is 336 g/mol. The van der Waals surface area contributed by atoms with E-state index in [-0.39, 0.29) is 13.4 Å². The molecule has 2 aromatic carbocycles. The van der Waals surface area contributed by atoms with Gasteiger partial charge >= 0.3 is 0 Å². The number of fused-ring (bicyclic) bond motifs is 4. The van der Waals surface area contributed by atoms with Gasteiger partial charge in [-0.3, -0.25) is 4.79 Å². The lowest BCUT2D eigenvalue weighted by atomic mass is 9.74. The van der Waals surface area contributed by atoms with Crippen molar-refractivity contribution in [2.24, 2.45) is 0 Å². The van der Waals surface area contributed by atoms with Crippen molar-refractivity contribution in [2.45, 2.75) is 37.6 Å². The quantitative estimate of drug-likeness (QED) is 0.714. The number of aromatic amines is 1. The van der Waals surface area contributed by atoms with Crippen molar-refractivity contribution < 1.29 is 6.22 Å². The molecule has 2 aliphatic rings. The molecule has 27 heavy (non-hydrogen) atoms. The van der Waals surface area contributed by atoms with Crippen molar-refractivity contribution in [1.29, 1.82) is 5.26 Å². The van der Waals surface area contributed by atoms with Crippen LogP contribution in [0.2, 0.25) is 0 Å². The molecule has 2 unspecified atom stereocenters. The summed E-state index contributed by atoms with van der Waals surface area (Å²) in [4.78, 5) is 22.7. The Balaban J connectivity index is 0.00000192. The van der Waals surface area contributed by atoms with Crippen LogP contribution in [0.25, 0.3) is 11.0 Å². The normalized spacial score (nSPS) is 21.4. The number of amides is 1. The van der Waals surface area contributed by atoms with E-state index in [2.05, 4.69) is 27.0 Å². The van der Waals surface area contributed by atoms with Crippen molar-refractivity contribution in [3.63, 3.8) is 0 Å². The number of imidazole rings is 1. The molecule has 5 rings (SSSR count). The highest BCUT2D eigenvalue weighted by Gasteiger charge is 2.38. The van der Waals surface area contributed by atoms with Crippen LogP contribution in [0.5, 0.6) is 0 Å². The van der Waals surface area contributed by atoms with E-state index in [4.69, 9.17) is 5.26 Å². The molecule has 1 N–H and O–H groups in total. The van der Waals surface area contributed by atoms with E-state index < -0.39 is 0 Å². The Morgan fingerprint density at radius 1 is 1.26 bits per heavy atom. The Labute approximate surface area is 159 Å². The lowest BCUT2D eigenvalue weighted by Crippen LogP contribution is -2.49. The predicted octanol–water partition coefficient (Wildman–Crippen LogP) is 4.02. The number of likely N-dealkylation sites (tertiary alicyclic amines) is 1. The van der Waals surface area contributed by atoms with Crippen LogP contribution in [0.1, 0.15) is 53.7 Å². The Kier molecular flexibility index (Phi) is 3.71. The molecule has 1 aliphatic heterocycles. The summed E-state index contributed by atoms with van der Waals surface area (Å²) in [6.45, 7) is 0.812. The summed E-state index contributed by atoms with van der Waals surface area (Å²) >= 11 is 0. The van der Waals surface area contributed by atoms with E-state index in [0.717, 1.165) is 54.4 Å². The second-order valence-corrected chi connectivity index (χ2v) is 7.51. The van der Waals surface area contributed by atoms with Crippen LogP contribution >= 0.6 is 0 Å². The standard InChI is InChI=1S/C22H20N4O.H2/c23-12-14-3-6-17-15(10-14)5-8-21-18(17)2-1-9-26(21)22(27)16-4-7-19-20(11-16)25-13-24-19;/h3-4,6-7,10-11,13,18,21H,1-2,5,8-9H2,(H,24,25);1H. The van der Waals surface area contributed by atoms with Crippen molar-refractivity contribution in [3.8, 4) is 6.07 Å². The zero-order chi connectivity index (χ0) is 18.4. The zero-order valence-electron chi connectivity index (χ0n) is 15.0. The summed E-state index contributed by atoms with van der Waals surface area (Å²) in [7, 11) is 0. The highest BCUT2D eigenvalue weighted by Crippen LogP contribution is 2.41. The number of rotatable bonds is 1. The second kappa shape index (κ2) is 6.24. The third-order valence-electron chi connectivity index (χ3n) is 6.09. The van der Waals surface area contributed by atoms with E-state index in [9.17, 15) is 4.79 Å². The van der Waals surface area contributed by atoms with Gasteiger partial charge in [0.2, 0.25) is 0 Å². The van der Waals surface area contributed by atoms with E-state index in [1.807, 2.05) is 30.3 Å². The highest BCUT2D eigenvalue weighted by atomic mass is 16.2. The molecule has 136 valence electrons. The van der Waals surface area contributed by atoms with Gasteiger partial charge in [-0.1, -0.05) is 6.07 Å². The Morgan fingerprint density at radius 2 is 2.19 bits per heavy atom. The first kappa shape index (κ1) is 16.1. The van der Waals surface area contributed by atoms with E-state index in [1.54, 1.807) is 6.33 Å². The van der Waals surface area contributed by atoms with Crippen LogP contribution in [0.3, 0.4) is 0 Å². The minimum Gasteiger partial charge on any atom is -0.345 e. The maximum atomic E-state index is 13.3. The van der Waals surface area contributed by atoms with E-state index >= 15 is 0 Å². The molecule has 0 spiro atoms. The van der Waals surface area contributed by atoms with Crippen molar-refractivity contribution in [1.82, 2.24) is 14.9 Å². The minimum atomic E-state index is 0. The molecule has 1 aromatic heterocycles. The third kappa shape index (κ3) is 2.60. The molecule has 1 fully saturated rings. The molecule has 2 heterocycles. The van der Waals surface area contributed by atoms with Crippen molar-refractivity contribution >= 4 is 16.9 Å². The van der Waals surface area contributed by atoms with Gasteiger partial charge in [0.05, 0.1) is 29.0 Å². The molecule has 3 aromatic rings. The van der Waals surface area contributed by atoms with E-state index in [1.165, 1.54) is 11.1 Å². The van der Waals surface area contributed by atoms with Crippen LogP contribution in [0, 0.1) is 11.3 Å². The number of aryl methyl sites for hydroxylation is 1. The molecule has 0 saturated carbocycles. The number of nitrogens with zero attached hydrogens (tertiary/aromatic N) is 3. The number of H-pyrrole nitrogens is 1. The minimum absolute atomic E-state index is 0. The number of benzene rings is 2. The number of nitrogens with one attached hydrogen (secondary N) is 1. The molecule has 0 bridgehead atoms. The van der Waals surface area contributed by atoms with Gasteiger partial charge in [-0.25, -0.2) is 4.98 Å². The van der Waals surface area contributed by atoms with Gasteiger partial charge in [-0.15, -0.1) is 0 Å². The van der Waals surface area contributed by atoms with Crippen LogP contribution in [0.4, 0.5) is 0 Å². The van der Waals surface area contributed by atoms with Gasteiger partial charge in [0.1, 0.15) is 0 Å². The average molecular weight is 358 g/mol. The van der Waals surface area contributed by atoms with Crippen LogP contribution in [-0.2, 0) is 6.42 Å². The molecular formula is C22H22N4O. The summed E-state index contributed by atoms with van der Waals surface area (Å²) in [5, 5.41) is 9.16. The molecule has 1 saturated heterocycles. The SMILES string of the molecule is N#Cc1ccc2c(c1)CCC1C2CCCN1C(=O)c1ccc2nc[nH]c2c1.[HH]. The van der Waals surface area contributed by atoms with Crippen LogP contribution in [0.15, 0.2) is 42.7 Å². The van der Waals surface area contributed by atoms with E-state index in [0.29, 0.717) is 5.92 Å². The topological polar surface area (TPSA) is 72.8 Å². The Bertz CT molecular complexity index is 1080. The zero-order valence-corrected chi connectivity index (χ0v) is 15.0. The Hall–Kier alpha value is -3.13. The van der Waals surface area contributed by atoms with Gasteiger partial charge in [0.15, 0.2) is 0 Å². The average Bonchev–Trinajstić information content (AvgIpc) is 3.20. The first-order valence-corrected chi connectivity index (χ1v) is 9.51. The summed E-state index contributed by atoms with van der Waals surface area (Å²) in [6, 6.07) is 14.2. The van der Waals surface area contributed by atoms with Crippen molar-refractivity contribution in [2.75, 3.05) is 6.54 Å². The summed E-state index contributed by atoms with van der Waals surface area (Å²) < 4.78 is 0. The number of nitriles is 1. The van der Waals surface area contributed by atoms with Gasteiger partial charge in [0.25, 0.3) is 5.91 Å². The molecule has 1 amide bonds. The summed E-state index contributed by atoms with van der Waals surface area (Å²) in [5.74, 6) is 0.480. The summed E-state index contributed by atoms with van der Waals surface area (Å²) in [6.07, 6.45) is 5.66. The molecule has 1 aliphatic carbocycles. The number of carbonyl (C=O) groups excluding carboxylic acids is 1. The fraction of sp³-hybridized carbons (Fsp3) is 0.318. The van der Waals surface area contributed by atoms with Crippen LogP contribution < -0.4 is 0 Å². The highest BCUT2D eigenvalue weighted by molar-refractivity contribution is 5.97. The first-order chi connectivity index (χ1) is 13.2. The summed E-state index contributed by atoms with van der Waals surface area (Å²) in [5.41, 5.74) is 5.83.